The summed E-state index contributed by atoms with van der Waals surface area (Å²) in [6.45, 7) is 2.90. The van der Waals surface area contributed by atoms with Crippen LogP contribution in [0.1, 0.15) is 18.9 Å². The lowest BCUT2D eigenvalue weighted by Crippen LogP contribution is -1.95. The topological polar surface area (TPSA) is 27.1 Å². The fourth-order valence-electron chi connectivity index (χ4n) is 1.64. The van der Waals surface area contributed by atoms with Crippen molar-refractivity contribution in [2.75, 3.05) is 0 Å². The maximum Gasteiger partial charge on any atom is 0.165 e. The number of aryl methyl sites for hydroxylation is 1. The first-order chi connectivity index (χ1) is 8.74. The van der Waals surface area contributed by atoms with Crippen molar-refractivity contribution in [3.63, 3.8) is 0 Å². The van der Waals surface area contributed by atoms with Gasteiger partial charge in [-0.1, -0.05) is 13.0 Å². The van der Waals surface area contributed by atoms with E-state index < -0.39 is 0 Å². The lowest BCUT2D eigenvalue weighted by molar-refractivity contribution is 0.468. The molecule has 96 valence electrons. The summed E-state index contributed by atoms with van der Waals surface area (Å²) in [5, 5.41) is 4.14. The molecule has 5 heteroatoms. The summed E-state index contributed by atoms with van der Waals surface area (Å²) in [6, 6.07) is 4.65. The highest BCUT2D eigenvalue weighted by molar-refractivity contribution is 6.17. The second-order valence-electron chi connectivity index (χ2n) is 3.89. The molecule has 0 aliphatic carbocycles. The quantitative estimate of drug-likeness (QED) is 0.768. The van der Waals surface area contributed by atoms with E-state index in [4.69, 9.17) is 16.3 Å². The van der Waals surface area contributed by atoms with Gasteiger partial charge in [-0.05, 0) is 18.6 Å². The van der Waals surface area contributed by atoms with Gasteiger partial charge >= 0.3 is 0 Å². The molecule has 0 spiro atoms. The molecule has 0 unspecified atom stereocenters. The van der Waals surface area contributed by atoms with Crippen LogP contribution in [-0.4, -0.2) is 9.78 Å². The molecule has 3 nitrogen and oxygen atoms in total. The van der Waals surface area contributed by atoms with Crippen molar-refractivity contribution in [3.8, 4) is 11.5 Å². The first-order valence-electron chi connectivity index (χ1n) is 5.78. The molecule has 0 radical (unpaired) electrons. The van der Waals surface area contributed by atoms with E-state index in [0.717, 1.165) is 13.0 Å². The van der Waals surface area contributed by atoms with Gasteiger partial charge in [-0.15, -0.1) is 11.6 Å². The Morgan fingerprint density at radius 2 is 2.28 bits per heavy atom. The number of aromatic nitrogens is 2. The van der Waals surface area contributed by atoms with Crippen LogP contribution in [-0.2, 0) is 12.4 Å². The van der Waals surface area contributed by atoms with Crippen LogP contribution >= 0.6 is 11.6 Å². The molecular formula is C13H14ClFN2O. The second kappa shape index (κ2) is 5.87. The van der Waals surface area contributed by atoms with Gasteiger partial charge in [0, 0.05) is 12.1 Å². The number of halogens is 2. The van der Waals surface area contributed by atoms with Gasteiger partial charge in [0.1, 0.15) is 11.6 Å². The van der Waals surface area contributed by atoms with Crippen molar-refractivity contribution in [1.29, 1.82) is 0 Å². The Morgan fingerprint density at radius 1 is 1.44 bits per heavy atom. The maximum atomic E-state index is 13.5. The van der Waals surface area contributed by atoms with Crippen LogP contribution in [0.15, 0.2) is 30.6 Å². The molecule has 2 aromatic rings. The van der Waals surface area contributed by atoms with E-state index >= 15 is 0 Å². The van der Waals surface area contributed by atoms with Crippen LogP contribution in [0.3, 0.4) is 0 Å². The van der Waals surface area contributed by atoms with Crippen LogP contribution < -0.4 is 4.74 Å². The van der Waals surface area contributed by atoms with Crippen LogP contribution in [0.2, 0.25) is 0 Å². The van der Waals surface area contributed by atoms with Crippen molar-refractivity contribution in [1.82, 2.24) is 9.78 Å². The molecule has 0 aliphatic rings. The van der Waals surface area contributed by atoms with E-state index in [9.17, 15) is 4.39 Å². The number of nitrogens with zero attached hydrogens (tertiary/aromatic N) is 2. The minimum Gasteiger partial charge on any atom is -0.454 e. The minimum absolute atomic E-state index is 0.0745. The zero-order valence-electron chi connectivity index (χ0n) is 10.1. The molecule has 0 saturated heterocycles. The highest BCUT2D eigenvalue weighted by Crippen LogP contribution is 2.28. The van der Waals surface area contributed by atoms with Gasteiger partial charge < -0.3 is 4.74 Å². The first kappa shape index (κ1) is 12.9. The van der Waals surface area contributed by atoms with Crippen LogP contribution in [0.5, 0.6) is 11.5 Å². The predicted octanol–water partition coefficient (Wildman–Crippen LogP) is 3.96. The van der Waals surface area contributed by atoms with Gasteiger partial charge in [0.25, 0.3) is 0 Å². The Hall–Kier alpha value is -1.55. The zero-order chi connectivity index (χ0) is 13.0. The number of ether oxygens (including phenoxy) is 1. The molecule has 0 atom stereocenters. The molecule has 0 saturated carbocycles. The fourth-order valence-corrected chi connectivity index (χ4v) is 1.90. The smallest absolute Gasteiger partial charge is 0.165 e. The van der Waals surface area contributed by atoms with Gasteiger partial charge in [-0.25, -0.2) is 4.39 Å². The Labute approximate surface area is 110 Å². The van der Waals surface area contributed by atoms with Crippen LogP contribution in [0.4, 0.5) is 4.39 Å². The van der Waals surface area contributed by atoms with E-state index in [1.165, 1.54) is 6.07 Å². The highest BCUT2D eigenvalue weighted by Gasteiger charge is 2.10. The first-order valence-corrected chi connectivity index (χ1v) is 6.31. The van der Waals surface area contributed by atoms with E-state index in [1.54, 1.807) is 29.2 Å². The van der Waals surface area contributed by atoms with Gasteiger partial charge in [0.15, 0.2) is 5.75 Å². The third-order valence-corrected chi connectivity index (χ3v) is 2.77. The summed E-state index contributed by atoms with van der Waals surface area (Å²) in [6.07, 6.45) is 4.39. The Bertz CT molecular complexity index is 527. The van der Waals surface area contributed by atoms with Gasteiger partial charge in [0.05, 0.1) is 18.3 Å². The lowest BCUT2D eigenvalue weighted by Gasteiger charge is -2.08. The summed E-state index contributed by atoms with van der Waals surface area (Å²) >= 11 is 5.72. The third kappa shape index (κ3) is 2.82. The monoisotopic (exact) mass is 268 g/mol. The summed E-state index contributed by atoms with van der Waals surface area (Å²) < 4.78 is 20.9. The van der Waals surface area contributed by atoms with Crippen LogP contribution in [0.25, 0.3) is 0 Å². The molecule has 0 bridgehead atoms. The lowest BCUT2D eigenvalue weighted by atomic mass is 10.2. The van der Waals surface area contributed by atoms with Crippen LogP contribution in [0, 0.1) is 5.82 Å². The molecule has 0 fully saturated rings. The number of benzene rings is 1. The third-order valence-electron chi connectivity index (χ3n) is 2.50. The largest absolute Gasteiger partial charge is 0.454 e. The fraction of sp³-hybridized carbons (Fsp3) is 0.308. The Balaban J connectivity index is 2.20. The van der Waals surface area contributed by atoms with Crippen molar-refractivity contribution in [2.24, 2.45) is 0 Å². The minimum atomic E-state index is -0.358. The summed E-state index contributed by atoms with van der Waals surface area (Å²) in [5.74, 6) is 0.732. The van der Waals surface area contributed by atoms with E-state index in [2.05, 4.69) is 12.0 Å². The van der Waals surface area contributed by atoms with E-state index in [0.29, 0.717) is 17.1 Å². The molecule has 1 aromatic heterocycles. The molecule has 1 aromatic carbocycles. The van der Waals surface area contributed by atoms with Crippen molar-refractivity contribution >= 4 is 11.6 Å². The van der Waals surface area contributed by atoms with Crippen molar-refractivity contribution in [3.05, 3.63) is 42.0 Å². The zero-order valence-corrected chi connectivity index (χ0v) is 10.8. The van der Waals surface area contributed by atoms with Crippen molar-refractivity contribution < 1.29 is 9.13 Å². The summed E-state index contributed by atoms with van der Waals surface area (Å²) in [5.41, 5.74) is 0.363. The number of hydrogen-bond donors (Lipinski definition) is 0. The van der Waals surface area contributed by atoms with Gasteiger partial charge in [-0.2, -0.15) is 5.10 Å². The maximum absolute atomic E-state index is 13.5. The summed E-state index contributed by atoms with van der Waals surface area (Å²) in [7, 11) is 0. The molecule has 1 heterocycles. The average molecular weight is 269 g/mol. The SMILES string of the molecule is CCCn1cc(Oc2cccc(F)c2CCl)cn1. The van der Waals surface area contributed by atoms with Gasteiger partial charge in [-0.3, -0.25) is 4.68 Å². The molecule has 0 amide bonds. The molecule has 0 N–H and O–H groups in total. The van der Waals surface area contributed by atoms with Gasteiger partial charge in [0.2, 0.25) is 0 Å². The molecule has 18 heavy (non-hydrogen) atoms. The Morgan fingerprint density at radius 3 is 3.00 bits per heavy atom. The normalized spacial score (nSPS) is 10.6. The number of alkyl halides is 1. The highest BCUT2D eigenvalue weighted by atomic mass is 35.5. The van der Waals surface area contributed by atoms with Crippen molar-refractivity contribution in [2.45, 2.75) is 25.8 Å². The standard InChI is InChI=1S/C13H14ClFN2O/c1-2-6-17-9-10(8-16-17)18-13-5-3-4-12(15)11(13)7-14/h3-5,8-9H,2,6-7H2,1H3. The average Bonchev–Trinajstić information content (AvgIpc) is 2.77. The predicted molar refractivity (Wildman–Crippen MR) is 68.5 cm³/mol. The van der Waals surface area contributed by atoms with E-state index in [1.807, 2.05) is 0 Å². The Kier molecular flexibility index (Phi) is 4.20. The molecular weight excluding hydrogens is 255 g/mol. The van der Waals surface area contributed by atoms with E-state index in [-0.39, 0.29) is 11.7 Å². The summed E-state index contributed by atoms with van der Waals surface area (Å²) in [4.78, 5) is 0. The number of rotatable bonds is 5. The molecule has 2 rings (SSSR count). The second-order valence-corrected chi connectivity index (χ2v) is 4.16. The number of hydrogen-bond acceptors (Lipinski definition) is 2. The molecule has 0 aliphatic heterocycles.